The maximum atomic E-state index is 12.3. The number of esters is 2. The van der Waals surface area contributed by atoms with Crippen LogP contribution in [-0.2, 0) is 30.3 Å². The van der Waals surface area contributed by atoms with Gasteiger partial charge in [-0.15, -0.1) is 0 Å². The summed E-state index contributed by atoms with van der Waals surface area (Å²) in [6, 6.07) is 6.43. The molecular formula is C20H30N2O10. The van der Waals surface area contributed by atoms with E-state index in [4.69, 9.17) is 15.6 Å². The summed E-state index contributed by atoms with van der Waals surface area (Å²) < 4.78 is 9.41. The Hall–Kier alpha value is -2.61. The van der Waals surface area contributed by atoms with Crippen molar-refractivity contribution in [2.75, 3.05) is 20.3 Å². The average Bonchev–Trinajstić information content (AvgIpc) is 2.80. The van der Waals surface area contributed by atoms with Crippen LogP contribution in [0.5, 0.6) is 0 Å². The number of amides is 1. The molecule has 1 aromatic carbocycles. The quantitative estimate of drug-likeness (QED) is 0.145. The molecule has 180 valence electrons. The minimum atomic E-state index is -1.90. The second-order valence-electron chi connectivity index (χ2n) is 7.07. The van der Waals surface area contributed by atoms with Crippen molar-refractivity contribution in [3.8, 4) is 0 Å². The zero-order chi connectivity index (χ0) is 24.3. The van der Waals surface area contributed by atoms with Crippen LogP contribution < -0.4 is 11.1 Å². The third-order valence-electron chi connectivity index (χ3n) is 4.55. The first-order chi connectivity index (χ1) is 15.1. The van der Waals surface area contributed by atoms with Crippen LogP contribution in [0.4, 0.5) is 0 Å². The van der Waals surface area contributed by atoms with Crippen molar-refractivity contribution in [1.29, 1.82) is 0 Å². The number of carbonyl (C=O) groups is 3. The summed E-state index contributed by atoms with van der Waals surface area (Å²) in [5.41, 5.74) is 6.46. The van der Waals surface area contributed by atoms with Crippen molar-refractivity contribution in [2.24, 2.45) is 5.73 Å². The molecule has 0 fully saturated rings. The van der Waals surface area contributed by atoms with Crippen molar-refractivity contribution in [3.05, 3.63) is 35.9 Å². The van der Waals surface area contributed by atoms with Gasteiger partial charge in [0.15, 0.2) is 0 Å². The number of ether oxygens (including phenoxy) is 2. The second-order valence-corrected chi connectivity index (χ2v) is 7.07. The van der Waals surface area contributed by atoms with Crippen LogP contribution in [0.2, 0.25) is 0 Å². The van der Waals surface area contributed by atoms with Crippen molar-refractivity contribution >= 4 is 17.8 Å². The van der Waals surface area contributed by atoms with Crippen molar-refractivity contribution < 1.29 is 49.4 Å². The van der Waals surface area contributed by atoms with E-state index >= 15 is 0 Å². The lowest BCUT2D eigenvalue weighted by Gasteiger charge is -2.25. The molecule has 12 heteroatoms. The van der Waals surface area contributed by atoms with E-state index in [0.29, 0.717) is 0 Å². The van der Waals surface area contributed by atoms with Gasteiger partial charge in [0, 0.05) is 6.42 Å². The van der Waals surface area contributed by atoms with Gasteiger partial charge in [-0.1, -0.05) is 30.3 Å². The largest absolute Gasteiger partial charge is 0.467 e. The normalized spacial score (nSPS) is 16.7. The topological polar surface area (TPSA) is 209 Å². The zero-order valence-electron chi connectivity index (χ0n) is 17.5. The van der Waals surface area contributed by atoms with Gasteiger partial charge in [-0.05, 0) is 5.56 Å². The van der Waals surface area contributed by atoms with Crippen molar-refractivity contribution in [1.82, 2.24) is 5.32 Å². The third kappa shape index (κ3) is 8.86. The Balaban J connectivity index is 2.56. The Bertz CT molecular complexity index is 732. The molecule has 0 radical (unpaired) electrons. The fraction of sp³-hybridized carbons (Fsp3) is 0.550. The van der Waals surface area contributed by atoms with Crippen molar-refractivity contribution in [2.45, 2.75) is 49.3 Å². The lowest BCUT2D eigenvalue weighted by atomic mass is 10.0. The first-order valence-corrected chi connectivity index (χ1v) is 9.77. The molecule has 0 saturated carbocycles. The van der Waals surface area contributed by atoms with Crippen LogP contribution in [0.1, 0.15) is 12.0 Å². The second kappa shape index (κ2) is 13.7. The van der Waals surface area contributed by atoms with Gasteiger partial charge in [0.2, 0.25) is 5.91 Å². The van der Waals surface area contributed by atoms with Crippen LogP contribution in [0.15, 0.2) is 30.3 Å². The molecule has 12 nitrogen and oxygen atoms in total. The number of methoxy groups -OCH3 is 1. The van der Waals surface area contributed by atoms with Crippen LogP contribution >= 0.6 is 0 Å². The molecule has 1 aromatic rings. The molecule has 0 bridgehead atoms. The molecule has 0 heterocycles. The van der Waals surface area contributed by atoms with E-state index in [0.717, 1.165) is 5.56 Å². The summed E-state index contributed by atoms with van der Waals surface area (Å²) in [7, 11) is 1.17. The molecule has 8 N–H and O–H groups in total. The average molecular weight is 458 g/mol. The molecule has 0 aliphatic rings. The highest BCUT2D eigenvalue weighted by molar-refractivity contribution is 5.90. The number of benzene rings is 1. The number of hydrogen-bond acceptors (Lipinski definition) is 11. The van der Waals surface area contributed by atoms with Crippen LogP contribution in [0.25, 0.3) is 0 Å². The van der Waals surface area contributed by atoms with Crippen LogP contribution in [0.3, 0.4) is 0 Å². The lowest BCUT2D eigenvalue weighted by Crippen LogP contribution is -2.50. The SMILES string of the molecule is COC(=O)C(Cc1ccccc1)NC(=O)C(N)CC(=O)OC[C@@H](O)[C@@H](O)[C@H](O)[C@H](O)CO. The fourth-order valence-corrected chi connectivity index (χ4v) is 2.64. The van der Waals surface area contributed by atoms with Gasteiger partial charge >= 0.3 is 11.9 Å². The number of rotatable bonds is 13. The molecule has 2 unspecified atom stereocenters. The predicted octanol–water partition coefficient (Wildman–Crippen LogP) is -3.42. The van der Waals surface area contributed by atoms with Gasteiger partial charge in [-0.3, -0.25) is 9.59 Å². The highest BCUT2D eigenvalue weighted by atomic mass is 16.5. The molecule has 32 heavy (non-hydrogen) atoms. The molecule has 0 aliphatic carbocycles. The highest BCUT2D eigenvalue weighted by Crippen LogP contribution is 2.07. The summed E-state index contributed by atoms with van der Waals surface area (Å²) in [4.78, 5) is 36.2. The van der Waals surface area contributed by atoms with E-state index in [1.165, 1.54) is 7.11 Å². The lowest BCUT2D eigenvalue weighted by molar-refractivity contribution is -0.157. The van der Waals surface area contributed by atoms with Gasteiger partial charge in [0.25, 0.3) is 0 Å². The van der Waals surface area contributed by atoms with E-state index in [1.54, 1.807) is 30.3 Å². The Kier molecular flexibility index (Phi) is 11.8. The first-order valence-electron chi connectivity index (χ1n) is 9.77. The molecule has 6 atom stereocenters. The van der Waals surface area contributed by atoms with Gasteiger partial charge < -0.3 is 46.1 Å². The van der Waals surface area contributed by atoms with Crippen LogP contribution in [0, 0.1) is 0 Å². The maximum absolute atomic E-state index is 12.3. The Morgan fingerprint density at radius 1 is 1.03 bits per heavy atom. The number of carbonyl (C=O) groups excluding carboxylic acids is 3. The fourth-order valence-electron chi connectivity index (χ4n) is 2.64. The minimum absolute atomic E-state index is 0.141. The molecule has 1 amide bonds. The Morgan fingerprint density at radius 3 is 2.19 bits per heavy atom. The molecule has 0 saturated heterocycles. The van der Waals surface area contributed by atoms with E-state index in [-0.39, 0.29) is 6.42 Å². The first kappa shape index (κ1) is 27.4. The minimum Gasteiger partial charge on any atom is -0.467 e. The third-order valence-corrected chi connectivity index (χ3v) is 4.55. The van der Waals surface area contributed by atoms with Crippen LogP contribution in [-0.4, -0.2) is 100 Å². The molecular weight excluding hydrogens is 428 g/mol. The number of hydrogen-bond donors (Lipinski definition) is 7. The number of aliphatic hydroxyl groups is 5. The molecule has 1 rings (SSSR count). The van der Waals surface area contributed by atoms with E-state index in [9.17, 15) is 34.8 Å². The Labute approximate surface area is 184 Å². The standard InChI is InChI=1S/C20H30N2O10/c1-31-20(30)13(7-11-5-3-2-4-6-11)22-19(29)12(21)8-16(26)32-10-15(25)18(28)17(27)14(24)9-23/h2-6,12-15,17-18,23-25,27-28H,7-10,21H2,1H3,(H,22,29)/t12?,13?,14-,15-,17-,18-/m1/s1. The van der Waals surface area contributed by atoms with Crippen molar-refractivity contribution in [3.63, 3.8) is 0 Å². The summed E-state index contributed by atoms with van der Waals surface area (Å²) in [6.45, 7) is -1.62. The summed E-state index contributed by atoms with van der Waals surface area (Å²) in [5.74, 6) is -2.50. The Morgan fingerprint density at radius 2 is 1.62 bits per heavy atom. The van der Waals surface area contributed by atoms with E-state index in [1.807, 2.05) is 0 Å². The monoisotopic (exact) mass is 458 g/mol. The van der Waals surface area contributed by atoms with Gasteiger partial charge in [0.05, 0.1) is 26.2 Å². The van der Waals surface area contributed by atoms with E-state index < -0.39 is 74.0 Å². The van der Waals surface area contributed by atoms with Gasteiger partial charge in [0.1, 0.15) is 37.1 Å². The maximum Gasteiger partial charge on any atom is 0.328 e. The molecule has 0 aromatic heterocycles. The molecule has 0 aliphatic heterocycles. The van der Waals surface area contributed by atoms with E-state index in [2.05, 4.69) is 10.1 Å². The summed E-state index contributed by atoms with van der Waals surface area (Å²) in [5, 5.41) is 49.3. The van der Waals surface area contributed by atoms with Gasteiger partial charge in [-0.25, -0.2) is 4.79 Å². The highest BCUT2D eigenvalue weighted by Gasteiger charge is 2.31. The number of nitrogens with two attached hydrogens (primary N) is 1. The smallest absolute Gasteiger partial charge is 0.328 e. The molecule has 0 spiro atoms. The summed E-state index contributed by atoms with van der Waals surface area (Å²) >= 11 is 0. The van der Waals surface area contributed by atoms with Gasteiger partial charge in [-0.2, -0.15) is 0 Å². The number of aliphatic hydroxyl groups excluding tert-OH is 5. The predicted molar refractivity (Wildman–Crippen MR) is 109 cm³/mol. The zero-order valence-corrected chi connectivity index (χ0v) is 17.5. The summed E-state index contributed by atoms with van der Waals surface area (Å²) in [6.07, 6.45) is -7.71. The number of nitrogens with one attached hydrogen (secondary N) is 1.